The van der Waals surface area contributed by atoms with Gasteiger partial charge in [0.1, 0.15) is 0 Å². The van der Waals surface area contributed by atoms with Crippen LogP contribution in [0.25, 0.3) is 0 Å². The standard InChI is InChI=1S/C20H24O/c1-16(2)14-18-11-6-12-19(15-18)20(21)13-7-10-17-8-4-3-5-9-17/h3-6,8-9,11-12,15-16H,7,10,13-14H2,1-2H3. The van der Waals surface area contributed by atoms with Crippen LogP contribution in [0.2, 0.25) is 0 Å². The molecule has 0 saturated carbocycles. The summed E-state index contributed by atoms with van der Waals surface area (Å²) in [6.07, 6.45) is 3.54. The molecule has 110 valence electrons. The van der Waals surface area contributed by atoms with Crippen molar-refractivity contribution in [2.75, 3.05) is 0 Å². The number of rotatable bonds is 7. The molecule has 0 spiro atoms. The van der Waals surface area contributed by atoms with E-state index in [2.05, 4.69) is 38.1 Å². The van der Waals surface area contributed by atoms with E-state index in [1.165, 1.54) is 11.1 Å². The van der Waals surface area contributed by atoms with Gasteiger partial charge >= 0.3 is 0 Å². The molecule has 0 heterocycles. The molecular weight excluding hydrogens is 256 g/mol. The maximum atomic E-state index is 12.3. The summed E-state index contributed by atoms with van der Waals surface area (Å²) in [4.78, 5) is 12.3. The van der Waals surface area contributed by atoms with E-state index in [1.807, 2.05) is 30.3 Å². The number of hydrogen-bond acceptors (Lipinski definition) is 1. The van der Waals surface area contributed by atoms with Gasteiger partial charge in [0.2, 0.25) is 0 Å². The van der Waals surface area contributed by atoms with Crippen LogP contribution in [0.1, 0.15) is 48.2 Å². The predicted octanol–water partition coefficient (Wildman–Crippen LogP) is 5.09. The van der Waals surface area contributed by atoms with E-state index in [9.17, 15) is 4.79 Å². The quantitative estimate of drug-likeness (QED) is 0.646. The molecule has 2 rings (SSSR count). The van der Waals surface area contributed by atoms with Crippen molar-refractivity contribution in [3.63, 3.8) is 0 Å². The Morgan fingerprint density at radius 2 is 1.67 bits per heavy atom. The van der Waals surface area contributed by atoms with Crippen LogP contribution in [0.4, 0.5) is 0 Å². The minimum absolute atomic E-state index is 0.261. The molecule has 0 bridgehead atoms. The SMILES string of the molecule is CC(C)Cc1cccc(C(=O)CCCc2ccccc2)c1. The summed E-state index contributed by atoms with van der Waals surface area (Å²) in [6.45, 7) is 4.41. The largest absolute Gasteiger partial charge is 0.294 e. The first-order valence-electron chi connectivity index (χ1n) is 7.81. The van der Waals surface area contributed by atoms with Gasteiger partial charge in [0.25, 0.3) is 0 Å². The number of ketones is 1. The van der Waals surface area contributed by atoms with Crippen molar-refractivity contribution < 1.29 is 4.79 Å². The summed E-state index contributed by atoms with van der Waals surface area (Å²) in [5.41, 5.74) is 3.43. The Balaban J connectivity index is 1.88. The summed E-state index contributed by atoms with van der Waals surface area (Å²) in [5, 5.41) is 0. The van der Waals surface area contributed by atoms with Crippen molar-refractivity contribution in [3.8, 4) is 0 Å². The van der Waals surface area contributed by atoms with Crippen molar-refractivity contribution in [1.29, 1.82) is 0 Å². The van der Waals surface area contributed by atoms with Crippen LogP contribution in [0.15, 0.2) is 54.6 Å². The van der Waals surface area contributed by atoms with Crippen molar-refractivity contribution >= 4 is 5.78 Å². The summed E-state index contributed by atoms with van der Waals surface area (Å²) >= 11 is 0. The number of carbonyl (C=O) groups is 1. The van der Waals surface area contributed by atoms with Crippen LogP contribution in [-0.4, -0.2) is 5.78 Å². The minimum atomic E-state index is 0.261. The van der Waals surface area contributed by atoms with Crippen molar-refractivity contribution in [1.82, 2.24) is 0 Å². The Morgan fingerprint density at radius 3 is 2.38 bits per heavy atom. The number of aryl methyl sites for hydroxylation is 1. The maximum absolute atomic E-state index is 12.3. The third kappa shape index (κ3) is 5.18. The highest BCUT2D eigenvalue weighted by Crippen LogP contribution is 2.14. The molecule has 0 saturated heterocycles. The predicted molar refractivity (Wildman–Crippen MR) is 88.7 cm³/mol. The normalized spacial score (nSPS) is 10.8. The number of carbonyl (C=O) groups excluding carboxylic acids is 1. The first-order valence-corrected chi connectivity index (χ1v) is 7.81. The Bertz CT molecular complexity index is 569. The Morgan fingerprint density at radius 1 is 0.952 bits per heavy atom. The molecule has 0 aliphatic rings. The average Bonchev–Trinajstić information content (AvgIpc) is 2.48. The lowest BCUT2D eigenvalue weighted by atomic mass is 9.97. The van der Waals surface area contributed by atoms with Gasteiger partial charge in [-0.3, -0.25) is 4.79 Å². The molecule has 0 aliphatic heterocycles. The third-order valence-electron chi connectivity index (χ3n) is 3.61. The van der Waals surface area contributed by atoms with E-state index in [-0.39, 0.29) is 5.78 Å². The van der Waals surface area contributed by atoms with Gasteiger partial charge in [0.05, 0.1) is 0 Å². The molecule has 2 aromatic rings. The first-order chi connectivity index (χ1) is 10.1. The van der Waals surface area contributed by atoms with Crippen molar-refractivity contribution in [2.45, 2.75) is 39.5 Å². The van der Waals surface area contributed by atoms with Crippen LogP contribution in [0.5, 0.6) is 0 Å². The Labute approximate surface area is 128 Å². The molecule has 21 heavy (non-hydrogen) atoms. The zero-order chi connectivity index (χ0) is 15.1. The highest BCUT2D eigenvalue weighted by atomic mass is 16.1. The molecule has 0 fully saturated rings. The van der Waals surface area contributed by atoms with E-state index in [0.717, 1.165) is 24.8 Å². The smallest absolute Gasteiger partial charge is 0.162 e. The first kappa shape index (κ1) is 15.5. The van der Waals surface area contributed by atoms with E-state index in [4.69, 9.17) is 0 Å². The lowest BCUT2D eigenvalue weighted by Gasteiger charge is -2.07. The molecule has 1 heteroatoms. The van der Waals surface area contributed by atoms with Crippen LogP contribution in [0, 0.1) is 5.92 Å². The molecule has 2 aromatic carbocycles. The zero-order valence-corrected chi connectivity index (χ0v) is 13.0. The fraction of sp³-hybridized carbons (Fsp3) is 0.350. The van der Waals surface area contributed by atoms with Crippen LogP contribution >= 0.6 is 0 Å². The third-order valence-corrected chi connectivity index (χ3v) is 3.61. The summed E-state index contributed by atoms with van der Waals surface area (Å²) in [6, 6.07) is 18.5. The monoisotopic (exact) mass is 280 g/mol. The molecule has 0 radical (unpaired) electrons. The van der Waals surface area contributed by atoms with Crippen molar-refractivity contribution in [3.05, 3.63) is 71.3 Å². The highest BCUT2D eigenvalue weighted by molar-refractivity contribution is 5.96. The molecule has 0 atom stereocenters. The summed E-state index contributed by atoms with van der Waals surface area (Å²) in [7, 11) is 0. The van der Waals surface area contributed by atoms with Crippen LogP contribution in [-0.2, 0) is 12.8 Å². The molecule has 1 nitrogen and oxygen atoms in total. The number of benzene rings is 2. The molecule has 0 aromatic heterocycles. The van der Waals surface area contributed by atoms with Gasteiger partial charge in [-0.15, -0.1) is 0 Å². The number of Topliss-reactive ketones (excluding diaryl/α,β-unsaturated/α-hetero) is 1. The van der Waals surface area contributed by atoms with Gasteiger partial charge in [-0.05, 0) is 42.4 Å². The minimum Gasteiger partial charge on any atom is -0.294 e. The lowest BCUT2D eigenvalue weighted by molar-refractivity contribution is 0.0980. The average molecular weight is 280 g/mol. The van der Waals surface area contributed by atoms with Gasteiger partial charge in [-0.1, -0.05) is 62.4 Å². The second-order valence-electron chi connectivity index (χ2n) is 6.06. The van der Waals surface area contributed by atoms with Gasteiger partial charge in [0, 0.05) is 12.0 Å². The van der Waals surface area contributed by atoms with Gasteiger partial charge < -0.3 is 0 Å². The molecule has 0 aliphatic carbocycles. The summed E-state index contributed by atoms with van der Waals surface area (Å²) < 4.78 is 0. The zero-order valence-electron chi connectivity index (χ0n) is 13.0. The molecular formula is C20H24O. The second-order valence-corrected chi connectivity index (χ2v) is 6.06. The van der Waals surface area contributed by atoms with E-state index >= 15 is 0 Å². The number of hydrogen-bond donors (Lipinski definition) is 0. The summed E-state index contributed by atoms with van der Waals surface area (Å²) in [5.74, 6) is 0.880. The van der Waals surface area contributed by atoms with Gasteiger partial charge in [-0.25, -0.2) is 0 Å². The Kier molecular flexibility index (Phi) is 5.74. The van der Waals surface area contributed by atoms with E-state index < -0.39 is 0 Å². The van der Waals surface area contributed by atoms with Gasteiger partial charge in [0.15, 0.2) is 5.78 Å². The van der Waals surface area contributed by atoms with Crippen LogP contribution < -0.4 is 0 Å². The highest BCUT2D eigenvalue weighted by Gasteiger charge is 2.07. The second kappa shape index (κ2) is 7.78. The molecule has 0 N–H and O–H groups in total. The lowest BCUT2D eigenvalue weighted by Crippen LogP contribution is -2.02. The fourth-order valence-corrected chi connectivity index (χ4v) is 2.59. The van der Waals surface area contributed by atoms with Crippen molar-refractivity contribution in [2.24, 2.45) is 5.92 Å². The molecule has 0 unspecified atom stereocenters. The topological polar surface area (TPSA) is 17.1 Å². The van der Waals surface area contributed by atoms with Crippen LogP contribution in [0.3, 0.4) is 0 Å². The fourth-order valence-electron chi connectivity index (χ4n) is 2.59. The van der Waals surface area contributed by atoms with E-state index in [1.54, 1.807) is 0 Å². The van der Waals surface area contributed by atoms with E-state index in [0.29, 0.717) is 12.3 Å². The maximum Gasteiger partial charge on any atom is 0.162 e. The molecule has 0 amide bonds. The Hall–Kier alpha value is -1.89. The van der Waals surface area contributed by atoms with Gasteiger partial charge in [-0.2, -0.15) is 0 Å².